The largest absolute Gasteiger partial charge is 0.447 e. The number of rotatable bonds is 5. The van der Waals surface area contributed by atoms with Crippen molar-refractivity contribution in [2.24, 2.45) is 0 Å². The summed E-state index contributed by atoms with van der Waals surface area (Å²) in [6.07, 6.45) is -6.64. The summed E-state index contributed by atoms with van der Waals surface area (Å²) in [6, 6.07) is -3.89. The van der Waals surface area contributed by atoms with E-state index in [0.29, 0.717) is 0 Å². The minimum Gasteiger partial charge on any atom is -0.447 e. The van der Waals surface area contributed by atoms with Crippen molar-refractivity contribution in [3.63, 3.8) is 0 Å². The smallest absolute Gasteiger partial charge is 0.407 e. The number of carbonyl (C=O) groups excluding carboxylic acids is 1. The van der Waals surface area contributed by atoms with E-state index in [4.69, 9.17) is 13.7 Å². The number of aromatic nitrogens is 1. The highest BCUT2D eigenvalue weighted by Crippen LogP contribution is 2.21. The standard InChI is InChI=1S/C16H21N3O2/c1-19(2)6-5-12-9-17-15-4-3-11(8-14(12)15)7-13-10-21-16(20)18-13/h3-4,8-9,13,17H,5-7,10H2,1-2H3,(H,18,20)/t13-/m0/s1/i3D,4D,5D2,7D2,8D,9D,10D2. The van der Waals surface area contributed by atoms with Gasteiger partial charge in [0.05, 0.1) is 14.3 Å². The van der Waals surface area contributed by atoms with Crippen molar-refractivity contribution in [3.8, 4) is 0 Å². The third-order valence-electron chi connectivity index (χ3n) is 2.77. The number of nitrogens with zero attached hydrogens (tertiary/aromatic N) is 1. The molecule has 1 saturated heterocycles. The maximum atomic E-state index is 11.5. The van der Waals surface area contributed by atoms with Gasteiger partial charge in [0.25, 0.3) is 0 Å². The van der Waals surface area contributed by atoms with E-state index in [1.807, 2.05) is 5.32 Å². The van der Waals surface area contributed by atoms with Gasteiger partial charge in [-0.2, -0.15) is 0 Å². The molecule has 1 aromatic carbocycles. The number of amides is 1. The van der Waals surface area contributed by atoms with Crippen LogP contribution < -0.4 is 5.32 Å². The Labute approximate surface area is 138 Å². The minimum atomic E-state index is -2.86. The first-order chi connectivity index (χ1) is 14.0. The molecule has 0 radical (unpaired) electrons. The van der Waals surface area contributed by atoms with E-state index in [1.165, 1.54) is 4.90 Å². The summed E-state index contributed by atoms with van der Waals surface area (Å²) in [5.41, 5.74) is -1.13. The number of carbonyl (C=O) groups is 1. The number of ether oxygens (including phenoxy) is 1. The summed E-state index contributed by atoms with van der Waals surface area (Å²) < 4.78 is 87.1. The van der Waals surface area contributed by atoms with E-state index >= 15 is 0 Å². The molecule has 21 heavy (non-hydrogen) atoms. The van der Waals surface area contributed by atoms with Crippen molar-refractivity contribution in [2.75, 3.05) is 27.2 Å². The molecular weight excluding hydrogens is 266 g/mol. The van der Waals surface area contributed by atoms with Gasteiger partial charge in [-0.25, -0.2) is 4.79 Å². The number of cyclic esters (lactones) is 1. The van der Waals surface area contributed by atoms with Crippen LogP contribution in [0.2, 0.25) is 0 Å². The van der Waals surface area contributed by atoms with Crippen LogP contribution in [0.1, 0.15) is 24.8 Å². The van der Waals surface area contributed by atoms with E-state index < -0.39 is 61.3 Å². The van der Waals surface area contributed by atoms with Gasteiger partial charge in [-0.05, 0) is 50.1 Å². The zero-order valence-corrected chi connectivity index (χ0v) is 11.5. The van der Waals surface area contributed by atoms with Gasteiger partial charge >= 0.3 is 6.09 Å². The molecule has 1 atom stereocenters. The molecule has 2 aromatic rings. The zero-order chi connectivity index (χ0) is 23.7. The number of hydrogen-bond acceptors (Lipinski definition) is 3. The highest BCUT2D eigenvalue weighted by molar-refractivity contribution is 5.84. The fraction of sp³-hybridized carbons (Fsp3) is 0.438. The Kier molecular flexibility index (Phi) is 1.76. The third-order valence-corrected chi connectivity index (χ3v) is 2.77. The van der Waals surface area contributed by atoms with Crippen molar-refractivity contribution in [2.45, 2.75) is 18.8 Å². The molecule has 3 rings (SSSR count). The summed E-state index contributed by atoms with van der Waals surface area (Å²) in [5, 5.41) is 1.78. The molecule has 1 fully saturated rings. The van der Waals surface area contributed by atoms with Crippen molar-refractivity contribution in [1.29, 1.82) is 0 Å². The maximum absolute atomic E-state index is 11.5. The molecule has 5 nitrogen and oxygen atoms in total. The van der Waals surface area contributed by atoms with Gasteiger partial charge in [-0.15, -0.1) is 0 Å². The van der Waals surface area contributed by atoms with Gasteiger partial charge in [-0.1, -0.05) is 6.04 Å². The Balaban J connectivity index is 2.34. The molecule has 112 valence electrons. The number of aromatic amines is 1. The van der Waals surface area contributed by atoms with Crippen LogP contribution in [0.5, 0.6) is 0 Å². The van der Waals surface area contributed by atoms with Gasteiger partial charge in [0, 0.05) is 29.1 Å². The maximum Gasteiger partial charge on any atom is 0.407 e. The van der Waals surface area contributed by atoms with Gasteiger partial charge < -0.3 is 19.9 Å². The molecule has 0 aliphatic carbocycles. The van der Waals surface area contributed by atoms with Crippen molar-refractivity contribution in [1.82, 2.24) is 15.2 Å². The average molecular weight is 297 g/mol. The fourth-order valence-electron chi connectivity index (χ4n) is 1.82. The lowest BCUT2D eigenvalue weighted by molar-refractivity contribution is 0.177. The Hall–Kier alpha value is -2.01. The Bertz CT molecular complexity index is 1070. The van der Waals surface area contributed by atoms with Gasteiger partial charge in [-0.3, -0.25) is 0 Å². The topological polar surface area (TPSA) is 57.4 Å². The summed E-state index contributed by atoms with van der Waals surface area (Å²) in [4.78, 5) is 15.6. The van der Waals surface area contributed by atoms with Crippen molar-refractivity contribution >= 4 is 17.0 Å². The second-order valence-corrected chi connectivity index (χ2v) is 4.77. The predicted molar refractivity (Wildman–Crippen MR) is 82.5 cm³/mol. The summed E-state index contributed by atoms with van der Waals surface area (Å²) in [5.74, 6) is 0. The molecule has 5 heteroatoms. The van der Waals surface area contributed by atoms with Crippen LogP contribution in [0.4, 0.5) is 4.79 Å². The van der Waals surface area contributed by atoms with Crippen LogP contribution in [0.25, 0.3) is 10.9 Å². The minimum absolute atomic E-state index is 0.160. The molecule has 2 heterocycles. The molecule has 1 aromatic heterocycles. The number of benzene rings is 1. The second kappa shape index (κ2) is 5.77. The molecular formula is C16H21N3O2. The molecule has 2 N–H and O–H groups in total. The number of alkyl carbamates (subject to hydrolysis) is 1. The monoisotopic (exact) mass is 297 g/mol. The number of H-pyrrole nitrogens is 1. The van der Waals surface area contributed by atoms with Crippen LogP contribution in [0, 0.1) is 0 Å². The first kappa shape index (κ1) is 6.40. The van der Waals surface area contributed by atoms with Gasteiger partial charge in [0.1, 0.15) is 6.56 Å². The molecule has 1 aliphatic rings. The van der Waals surface area contributed by atoms with Crippen LogP contribution >= 0.6 is 0 Å². The molecule has 1 amide bonds. The Morgan fingerprint density at radius 1 is 1.57 bits per heavy atom. The van der Waals surface area contributed by atoms with Crippen LogP contribution in [-0.2, 0) is 17.5 Å². The number of nitrogens with one attached hydrogen (secondary N) is 2. The van der Waals surface area contributed by atoms with E-state index in [2.05, 4.69) is 9.72 Å². The molecule has 0 spiro atoms. The lowest BCUT2D eigenvalue weighted by Crippen LogP contribution is -2.28. The lowest BCUT2D eigenvalue weighted by atomic mass is 10.0. The Morgan fingerprint density at radius 3 is 3.14 bits per heavy atom. The highest BCUT2D eigenvalue weighted by Gasteiger charge is 2.22. The van der Waals surface area contributed by atoms with Crippen LogP contribution in [0.3, 0.4) is 0 Å². The summed E-state index contributed by atoms with van der Waals surface area (Å²) in [7, 11) is 3.23. The highest BCUT2D eigenvalue weighted by atomic mass is 16.6. The number of hydrogen-bond donors (Lipinski definition) is 2. The SMILES string of the molecule is [2H]c1[nH]c2c([2H])c([2H])c(C([2H])([2H])[C@@H]3NC(=O)OC3([2H])[2H])c([2H])c2c1C([2H])([2H])CN(C)C. The molecule has 0 bridgehead atoms. The van der Waals surface area contributed by atoms with E-state index in [1.54, 1.807) is 14.1 Å². The normalized spacial score (nSPS) is 28.9. The van der Waals surface area contributed by atoms with Gasteiger partial charge in [0.2, 0.25) is 0 Å². The Morgan fingerprint density at radius 2 is 2.43 bits per heavy atom. The zero-order valence-electron chi connectivity index (χ0n) is 21.5. The third kappa shape index (κ3) is 3.19. The molecule has 0 saturated carbocycles. The molecule has 1 aliphatic heterocycles. The average Bonchev–Trinajstić information content (AvgIpc) is 3.08. The van der Waals surface area contributed by atoms with Crippen molar-refractivity contribution in [3.05, 3.63) is 35.4 Å². The second-order valence-electron chi connectivity index (χ2n) is 4.77. The number of likely N-dealkylation sites (N-methyl/N-ethyl adjacent to an activating group) is 1. The van der Waals surface area contributed by atoms with Crippen LogP contribution in [-0.4, -0.2) is 49.2 Å². The lowest BCUT2D eigenvalue weighted by Gasteiger charge is -2.09. The summed E-state index contributed by atoms with van der Waals surface area (Å²) >= 11 is 0. The quantitative estimate of drug-likeness (QED) is 0.886. The van der Waals surface area contributed by atoms with Crippen molar-refractivity contribution < 1.29 is 23.2 Å². The van der Waals surface area contributed by atoms with Crippen LogP contribution in [0.15, 0.2) is 24.3 Å². The van der Waals surface area contributed by atoms with E-state index in [-0.39, 0.29) is 23.0 Å². The molecule has 0 unspecified atom stereocenters. The first-order valence-electron chi connectivity index (χ1n) is 11.3. The van der Waals surface area contributed by atoms with E-state index in [0.717, 1.165) is 0 Å². The fourth-order valence-corrected chi connectivity index (χ4v) is 1.82. The first-order valence-corrected chi connectivity index (χ1v) is 6.29. The van der Waals surface area contributed by atoms with Gasteiger partial charge in [0.15, 0.2) is 0 Å². The summed E-state index contributed by atoms with van der Waals surface area (Å²) in [6.45, 7) is -2.96. The van der Waals surface area contributed by atoms with E-state index in [9.17, 15) is 4.79 Å². The predicted octanol–water partition coefficient (Wildman–Crippen LogP) is 1.92. The number of fused-ring (bicyclic) bond motifs is 1.